The molecule has 1 fully saturated rings. The number of rotatable bonds is 4. The minimum atomic E-state index is 0.336. The highest BCUT2D eigenvalue weighted by molar-refractivity contribution is 7.12. The van der Waals surface area contributed by atoms with Crippen LogP contribution in [0.3, 0.4) is 0 Å². The molecule has 2 aromatic heterocycles. The standard InChI is InChI=1S/C15H18N2S2/c1-2-5-12-11(4-1)17-15(19-12)14(16-10-7-8-10)13-6-3-9-18-13/h3,6,9-10,14,16H,1-2,4-5,7-8H2. The van der Waals surface area contributed by atoms with E-state index in [-0.39, 0.29) is 0 Å². The Morgan fingerprint density at radius 3 is 2.89 bits per heavy atom. The highest BCUT2D eigenvalue weighted by atomic mass is 32.1. The van der Waals surface area contributed by atoms with Gasteiger partial charge in [-0.15, -0.1) is 22.7 Å². The van der Waals surface area contributed by atoms with Crippen LogP contribution in [0.25, 0.3) is 0 Å². The molecule has 1 atom stereocenters. The van der Waals surface area contributed by atoms with Crippen LogP contribution in [-0.2, 0) is 12.8 Å². The van der Waals surface area contributed by atoms with Crippen LogP contribution < -0.4 is 5.32 Å². The van der Waals surface area contributed by atoms with E-state index < -0.39 is 0 Å². The zero-order valence-electron chi connectivity index (χ0n) is 10.9. The van der Waals surface area contributed by atoms with E-state index >= 15 is 0 Å². The van der Waals surface area contributed by atoms with Gasteiger partial charge in [0.05, 0.1) is 11.7 Å². The summed E-state index contributed by atoms with van der Waals surface area (Å²) in [5, 5.41) is 7.24. The Bertz CT molecular complexity index is 531. The molecule has 2 heterocycles. The Hall–Kier alpha value is -0.710. The summed E-state index contributed by atoms with van der Waals surface area (Å²) in [6.45, 7) is 0. The first-order chi connectivity index (χ1) is 9.40. The number of thiophene rings is 1. The van der Waals surface area contributed by atoms with E-state index in [4.69, 9.17) is 4.98 Å². The minimum Gasteiger partial charge on any atom is -0.301 e. The molecule has 0 bridgehead atoms. The third-order valence-corrected chi connectivity index (χ3v) is 6.08. The van der Waals surface area contributed by atoms with Gasteiger partial charge in [0.1, 0.15) is 5.01 Å². The Balaban J connectivity index is 1.67. The van der Waals surface area contributed by atoms with Gasteiger partial charge >= 0.3 is 0 Å². The fourth-order valence-electron chi connectivity index (χ4n) is 2.71. The Labute approximate surface area is 121 Å². The molecule has 4 heteroatoms. The normalized spacial score (nSPS) is 20.2. The first kappa shape index (κ1) is 12.1. The van der Waals surface area contributed by atoms with E-state index in [1.165, 1.54) is 54.1 Å². The summed E-state index contributed by atoms with van der Waals surface area (Å²) < 4.78 is 0. The number of aromatic nitrogens is 1. The van der Waals surface area contributed by atoms with Crippen molar-refractivity contribution in [3.05, 3.63) is 38.0 Å². The largest absolute Gasteiger partial charge is 0.301 e. The summed E-state index contributed by atoms with van der Waals surface area (Å²) in [5.74, 6) is 0. The first-order valence-corrected chi connectivity index (χ1v) is 8.88. The molecule has 1 unspecified atom stereocenters. The molecule has 100 valence electrons. The summed E-state index contributed by atoms with van der Waals surface area (Å²) in [6.07, 6.45) is 7.74. The molecule has 0 aliphatic heterocycles. The van der Waals surface area contributed by atoms with Gasteiger partial charge in [-0.1, -0.05) is 6.07 Å². The number of aryl methyl sites for hydroxylation is 2. The summed E-state index contributed by atoms with van der Waals surface area (Å²) in [5.41, 5.74) is 1.38. The molecular formula is C15H18N2S2. The highest BCUT2D eigenvalue weighted by Crippen LogP contribution is 2.36. The van der Waals surface area contributed by atoms with Gasteiger partial charge in [0.2, 0.25) is 0 Å². The van der Waals surface area contributed by atoms with Gasteiger partial charge in [-0.3, -0.25) is 0 Å². The van der Waals surface area contributed by atoms with Gasteiger partial charge in [0.25, 0.3) is 0 Å². The summed E-state index contributed by atoms with van der Waals surface area (Å²) in [7, 11) is 0. The average molecular weight is 290 g/mol. The quantitative estimate of drug-likeness (QED) is 0.923. The number of nitrogens with one attached hydrogen (secondary N) is 1. The van der Waals surface area contributed by atoms with Crippen molar-refractivity contribution in [2.75, 3.05) is 0 Å². The second-order valence-electron chi connectivity index (χ2n) is 5.52. The van der Waals surface area contributed by atoms with Crippen LogP contribution in [0.2, 0.25) is 0 Å². The van der Waals surface area contributed by atoms with Crippen molar-refractivity contribution in [1.82, 2.24) is 10.3 Å². The lowest BCUT2D eigenvalue weighted by Crippen LogP contribution is -2.23. The van der Waals surface area contributed by atoms with Gasteiger partial charge in [-0.05, 0) is 50.0 Å². The number of hydrogen-bond donors (Lipinski definition) is 1. The molecule has 0 saturated heterocycles. The summed E-state index contributed by atoms with van der Waals surface area (Å²) >= 11 is 3.79. The summed E-state index contributed by atoms with van der Waals surface area (Å²) in [6, 6.07) is 5.44. The fraction of sp³-hybridized carbons (Fsp3) is 0.533. The molecule has 0 radical (unpaired) electrons. The highest BCUT2D eigenvalue weighted by Gasteiger charge is 2.29. The summed E-state index contributed by atoms with van der Waals surface area (Å²) in [4.78, 5) is 7.91. The third kappa shape index (κ3) is 2.49. The topological polar surface area (TPSA) is 24.9 Å². The zero-order chi connectivity index (χ0) is 12.7. The SMILES string of the molecule is c1csc(C(NC2CC2)c2nc3c(s2)CCCC3)c1. The van der Waals surface area contributed by atoms with Crippen molar-refractivity contribution in [3.8, 4) is 0 Å². The lowest BCUT2D eigenvalue weighted by atomic mass is 10.0. The Kier molecular flexibility index (Phi) is 3.17. The van der Waals surface area contributed by atoms with Gasteiger partial charge in [-0.25, -0.2) is 4.98 Å². The van der Waals surface area contributed by atoms with E-state index in [1.807, 2.05) is 22.7 Å². The van der Waals surface area contributed by atoms with E-state index in [2.05, 4.69) is 22.8 Å². The Morgan fingerprint density at radius 2 is 2.16 bits per heavy atom. The van der Waals surface area contributed by atoms with Crippen molar-refractivity contribution in [2.45, 2.75) is 50.6 Å². The van der Waals surface area contributed by atoms with Gasteiger partial charge in [0.15, 0.2) is 0 Å². The second kappa shape index (κ2) is 5.00. The number of fused-ring (bicyclic) bond motifs is 1. The molecule has 1 saturated carbocycles. The van der Waals surface area contributed by atoms with E-state index in [0.29, 0.717) is 12.1 Å². The fourth-order valence-corrected chi connectivity index (χ4v) is 4.81. The zero-order valence-corrected chi connectivity index (χ0v) is 12.5. The van der Waals surface area contributed by atoms with Crippen LogP contribution in [0.5, 0.6) is 0 Å². The molecule has 2 aliphatic carbocycles. The maximum Gasteiger partial charge on any atom is 0.116 e. The third-order valence-electron chi connectivity index (χ3n) is 3.92. The predicted molar refractivity (Wildman–Crippen MR) is 81.1 cm³/mol. The molecule has 19 heavy (non-hydrogen) atoms. The van der Waals surface area contributed by atoms with Crippen molar-refractivity contribution in [1.29, 1.82) is 0 Å². The molecule has 0 amide bonds. The number of hydrogen-bond acceptors (Lipinski definition) is 4. The molecule has 2 aromatic rings. The molecule has 1 N–H and O–H groups in total. The predicted octanol–water partition coefficient (Wildman–Crippen LogP) is 3.92. The maximum atomic E-state index is 4.95. The molecule has 0 spiro atoms. The van der Waals surface area contributed by atoms with Crippen molar-refractivity contribution >= 4 is 22.7 Å². The average Bonchev–Trinajstić information content (AvgIpc) is 2.95. The monoisotopic (exact) mass is 290 g/mol. The van der Waals surface area contributed by atoms with Crippen LogP contribution in [0, 0.1) is 0 Å². The maximum absolute atomic E-state index is 4.95. The first-order valence-electron chi connectivity index (χ1n) is 7.18. The van der Waals surface area contributed by atoms with Crippen LogP contribution in [0.15, 0.2) is 17.5 Å². The molecule has 2 aliphatic rings. The molecule has 2 nitrogen and oxygen atoms in total. The van der Waals surface area contributed by atoms with E-state index in [1.54, 1.807) is 4.88 Å². The number of thiazole rings is 1. The second-order valence-corrected chi connectivity index (χ2v) is 7.61. The lowest BCUT2D eigenvalue weighted by Gasteiger charge is -2.14. The van der Waals surface area contributed by atoms with Crippen molar-refractivity contribution in [3.63, 3.8) is 0 Å². The number of nitrogens with zero attached hydrogens (tertiary/aromatic N) is 1. The smallest absolute Gasteiger partial charge is 0.116 e. The van der Waals surface area contributed by atoms with Crippen LogP contribution in [-0.4, -0.2) is 11.0 Å². The van der Waals surface area contributed by atoms with Gasteiger partial charge in [-0.2, -0.15) is 0 Å². The lowest BCUT2D eigenvalue weighted by molar-refractivity contribution is 0.602. The van der Waals surface area contributed by atoms with Crippen molar-refractivity contribution in [2.24, 2.45) is 0 Å². The van der Waals surface area contributed by atoms with Gasteiger partial charge in [0, 0.05) is 15.8 Å². The molecular weight excluding hydrogens is 272 g/mol. The van der Waals surface area contributed by atoms with Crippen LogP contribution in [0.4, 0.5) is 0 Å². The van der Waals surface area contributed by atoms with Crippen LogP contribution in [0.1, 0.15) is 52.2 Å². The van der Waals surface area contributed by atoms with E-state index in [9.17, 15) is 0 Å². The van der Waals surface area contributed by atoms with Crippen LogP contribution >= 0.6 is 22.7 Å². The Morgan fingerprint density at radius 1 is 1.26 bits per heavy atom. The molecule has 0 aromatic carbocycles. The van der Waals surface area contributed by atoms with Crippen molar-refractivity contribution < 1.29 is 0 Å². The molecule has 4 rings (SSSR count). The minimum absolute atomic E-state index is 0.336. The van der Waals surface area contributed by atoms with E-state index in [0.717, 1.165) is 0 Å². The van der Waals surface area contributed by atoms with Gasteiger partial charge < -0.3 is 5.32 Å².